The van der Waals surface area contributed by atoms with Crippen LogP contribution in [0.25, 0.3) is 0 Å². The monoisotopic (exact) mass is 268 g/mol. The Morgan fingerprint density at radius 3 is 2.89 bits per heavy atom. The van der Waals surface area contributed by atoms with E-state index in [2.05, 4.69) is 19.2 Å². The van der Waals surface area contributed by atoms with E-state index in [9.17, 15) is 10.1 Å². The lowest BCUT2D eigenvalue weighted by molar-refractivity contribution is -0.380. The van der Waals surface area contributed by atoms with Gasteiger partial charge in [-0.25, -0.2) is 0 Å². The van der Waals surface area contributed by atoms with Crippen LogP contribution in [0.3, 0.4) is 0 Å². The standard InChI is InChI=1S/C13H20N2O2S/c1-9-3-4-12(10(2)5-9)14-7-11-6-13(15(16)17)18-8-11/h6,8-10,12,14H,3-5,7H2,1-2H3. The van der Waals surface area contributed by atoms with E-state index in [4.69, 9.17) is 0 Å². The van der Waals surface area contributed by atoms with Crippen molar-refractivity contribution in [2.45, 2.75) is 45.7 Å². The van der Waals surface area contributed by atoms with E-state index in [1.807, 2.05) is 5.38 Å². The fraction of sp³-hybridized carbons (Fsp3) is 0.692. The Bertz CT molecular complexity index is 419. The highest BCUT2D eigenvalue weighted by molar-refractivity contribution is 7.13. The molecule has 1 aromatic heterocycles. The van der Waals surface area contributed by atoms with Crippen LogP contribution in [-0.2, 0) is 6.54 Å². The summed E-state index contributed by atoms with van der Waals surface area (Å²) >= 11 is 1.21. The lowest BCUT2D eigenvalue weighted by Gasteiger charge is -2.33. The van der Waals surface area contributed by atoms with Gasteiger partial charge in [0, 0.05) is 24.0 Å². The second-order valence-corrected chi connectivity index (χ2v) is 6.32. The molecule has 1 aliphatic rings. The zero-order valence-electron chi connectivity index (χ0n) is 10.9. The van der Waals surface area contributed by atoms with Gasteiger partial charge in [0.15, 0.2) is 0 Å². The summed E-state index contributed by atoms with van der Waals surface area (Å²) in [5.74, 6) is 1.53. The van der Waals surface area contributed by atoms with E-state index in [0.717, 1.165) is 18.0 Å². The predicted octanol–water partition coefficient (Wildman–Crippen LogP) is 3.57. The summed E-state index contributed by atoms with van der Waals surface area (Å²) in [6, 6.07) is 2.23. The summed E-state index contributed by atoms with van der Waals surface area (Å²) in [4.78, 5) is 10.3. The zero-order chi connectivity index (χ0) is 13.1. The molecule has 2 rings (SSSR count). The van der Waals surface area contributed by atoms with Crippen molar-refractivity contribution in [3.8, 4) is 0 Å². The molecule has 1 aromatic rings. The SMILES string of the molecule is CC1CCC(NCc2csc([N+](=O)[O-])c2)C(C)C1. The first-order valence-corrected chi connectivity index (χ1v) is 7.39. The largest absolute Gasteiger partial charge is 0.324 e. The van der Waals surface area contributed by atoms with Crippen LogP contribution in [0.2, 0.25) is 0 Å². The van der Waals surface area contributed by atoms with Crippen LogP contribution in [0.4, 0.5) is 5.00 Å². The lowest BCUT2D eigenvalue weighted by Crippen LogP contribution is -2.38. The van der Waals surface area contributed by atoms with E-state index in [-0.39, 0.29) is 9.92 Å². The van der Waals surface area contributed by atoms with Gasteiger partial charge in [-0.2, -0.15) is 0 Å². The molecule has 1 aliphatic carbocycles. The van der Waals surface area contributed by atoms with Crippen LogP contribution in [-0.4, -0.2) is 11.0 Å². The molecule has 0 amide bonds. The molecule has 0 spiro atoms. The average Bonchev–Trinajstić information content (AvgIpc) is 2.76. The summed E-state index contributed by atoms with van der Waals surface area (Å²) in [7, 11) is 0. The molecule has 3 unspecified atom stereocenters. The number of rotatable bonds is 4. The molecule has 1 N–H and O–H groups in total. The van der Waals surface area contributed by atoms with Gasteiger partial charge in [0.1, 0.15) is 0 Å². The molecule has 0 aromatic carbocycles. The van der Waals surface area contributed by atoms with E-state index in [1.165, 1.54) is 30.6 Å². The van der Waals surface area contributed by atoms with Gasteiger partial charge < -0.3 is 5.32 Å². The molecule has 100 valence electrons. The molecule has 18 heavy (non-hydrogen) atoms. The predicted molar refractivity (Wildman–Crippen MR) is 73.8 cm³/mol. The van der Waals surface area contributed by atoms with Gasteiger partial charge in [-0.05, 0) is 36.7 Å². The smallest absolute Gasteiger partial charge is 0.310 e. The van der Waals surface area contributed by atoms with E-state index in [1.54, 1.807) is 6.07 Å². The van der Waals surface area contributed by atoms with Gasteiger partial charge in [0.2, 0.25) is 0 Å². The fourth-order valence-electron chi connectivity index (χ4n) is 2.77. The molecule has 3 atom stereocenters. The summed E-state index contributed by atoms with van der Waals surface area (Å²) in [5.41, 5.74) is 1.03. The minimum absolute atomic E-state index is 0.233. The van der Waals surface area contributed by atoms with Crippen LogP contribution >= 0.6 is 11.3 Å². The highest BCUT2D eigenvalue weighted by Crippen LogP contribution is 2.29. The Morgan fingerprint density at radius 1 is 1.50 bits per heavy atom. The van der Waals surface area contributed by atoms with Crippen LogP contribution in [0.15, 0.2) is 11.4 Å². The summed E-state index contributed by atoms with van der Waals surface area (Å²) in [6.45, 7) is 5.35. The van der Waals surface area contributed by atoms with Gasteiger partial charge in [-0.3, -0.25) is 10.1 Å². The Labute approximate surface area is 112 Å². The number of nitro groups is 1. The van der Waals surface area contributed by atoms with E-state index < -0.39 is 0 Å². The third kappa shape index (κ3) is 3.29. The molecule has 0 saturated heterocycles. The van der Waals surface area contributed by atoms with Crippen LogP contribution < -0.4 is 5.32 Å². The Balaban J connectivity index is 1.85. The zero-order valence-corrected chi connectivity index (χ0v) is 11.7. The first kappa shape index (κ1) is 13.5. The Hall–Kier alpha value is -0.940. The fourth-order valence-corrected chi connectivity index (χ4v) is 3.50. The minimum atomic E-state index is -0.320. The second-order valence-electron chi connectivity index (χ2n) is 5.43. The maximum absolute atomic E-state index is 10.6. The molecule has 0 aliphatic heterocycles. The Morgan fingerprint density at radius 2 is 2.28 bits per heavy atom. The van der Waals surface area contributed by atoms with Crippen LogP contribution in [0.1, 0.15) is 38.7 Å². The van der Waals surface area contributed by atoms with Crippen molar-refractivity contribution in [1.82, 2.24) is 5.32 Å². The van der Waals surface area contributed by atoms with E-state index in [0.29, 0.717) is 12.0 Å². The number of thiophene rings is 1. The molecule has 4 nitrogen and oxygen atoms in total. The molecular formula is C13H20N2O2S. The van der Waals surface area contributed by atoms with Gasteiger partial charge >= 0.3 is 5.00 Å². The van der Waals surface area contributed by atoms with Gasteiger partial charge in [0.05, 0.1) is 4.92 Å². The topological polar surface area (TPSA) is 55.2 Å². The molecule has 0 radical (unpaired) electrons. The van der Waals surface area contributed by atoms with Gasteiger partial charge in [-0.15, -0.1) is 0 Å². The number of hydrogen-bond donors (Lipinski definition) is 1. The average molecular weight is 268 g/mol. The van der Waals surface area contributed by atoms with Crippen molar-refractivity contribution in [2.24, 2.45) is 11.8 Å². The normalized spacial score (nSPS) is 28.2. The molecule has 0 bridgehead atoms. The molecule has 1 saturated carbocycles. The highest BCUT2D eigenvalue weighted by Gasteiger charge is 2.24. The van der Waals surface area contributed by atoms with Crippen molar-refractivity contribution in [1.29, 1.82) is 0 Å². The Kier molecular flexibility index (Phi) is 4.35. The molecular weight excluding hydrogens is 248 g/mol. The number of hydrogen-bond acceptors (Lipinski definition) is 4. The van der Waals surface area contributed by atoms with Crippen molar-refractivity contribution < 1.29 is 4.92 Å². The molecule has 5 heteroatoms. The van der Waals surface area contributed by atoms with Crippen molar-refractivity contribution >= 4 is 16.3 Å². The van der Waals surface area contributed by atoms with Gasteiger partial charge in [0.25, 0.3) is 0 Å². The first-order chi connectivity index (χ1) is 8.56. The quantitative estimate of drug-likeness (QED) is 0.671. The van der Waals surface area contributed by atoms with Crippen molar-refractivity contribution in [2.75, 3.05) is 0 Å². The maximum atomic E-state index is 10.6. The third-order valence-corrected chi connectivity index (χ3v) is 4.75. The first-order valence-electron chi connectivity index (χ1n) is 6.51. The third-order valence-electron chi connectivity index (χ3n) is 3.82. The lowest BCUT2D eigenvalue weighted by atomic mass is 9.80. The van der Waals surface area contributed by atoms with Crippen LogP contribution in [0, 0.1) is 22.0 Å². The number of nitrogens with one attached hydrogen (secondary N) is 1. The van der Waals surface area contributed by atoms with Crippen molar-refractivity contribution in [3.05, 3.63) is 27.1 Å². The van der Waals surface area contributed by atoms with Crippen molar-refractivity contribution in [3.63, 3.8) is 0 Å². The maximum Gasteiger partial charge on any atom is 0.324 e. The summed E-state index contributed by atoms with van der Waals surface area (Å²) < 4.78 is 0. The second kappa shape index (κ2) is 5.80. The minimum Gasteiger partial charge on any atom is -0.310 e. The number of nitrogens with zero attached hydrogens (tertiary/aromatic N) is 1. The van der Waals surface area contributed by atoms with Crippen LogP contribution in [0.5, 0.6) is 0 Å². The molecule has 1 fully saturated rings. The van der Waals surface area contributed by atoms with Gasteiger partial charge in [-0.1, -0.05) is 25.2 Å². The summed E-state index contributed by atoms with van der Waals surface area (Å²) in [6.07, 6.45) is 3.78. The highest BCUT2D eigenvalue weighted by atomic mass is 32.1. The van der Waals surface area contributed by atoms with E-state index >= 15 is 0 Å². The molecule has 1 heterocycles. The summed E-state index contributed by atoms with van der Waals surface area (Å²) in [5, 5.41) is 16.3.